The Morgan fingerprint density at radius 2 is 1.20 bits per heavy atom. The lowest BCUT2D eigenvalue weighted by molar-refractivity contribution is 0.477. The van der Waals surface area contributed by atoms with E-state index in [0.29, 0.717) is 5.56 Å². The molecule has 0 bridgehead atoms. The molecule has 4 aromatic carbocycles. The number of phenols is 1. The van der Waals surface area contributed by atoms with Gasteiger partial charge >= 0.3 is 0 Å². The van der Waals surface area contributed by atoms with Gasteiger partial charge in [0.2, 0.25) is 0 Å². The van der Waals surface area contributed by atoms with Gasteiger partial charge in [-0.25, -0.2) is 4.98 Å². The molecule has 0 saturated carbocycles. The molecule has 1 N–H and O–H groups in total. The quantitative estimate of drug-likeness (QED) is 0.217. The summed E-state index contributed by atoms with van der Waals surface area (Å²) in [5.74, 6) is 0.927. The molecule has 6 rings (SSSR count). The molecule has 0 fully saturated rings. The molecule has 234 valence electrons. The Balaban J connectivity index is 1.67. The Bertz CT molecular complexity index is 2030. The third kappa shape index (κ3) is 5.73. The molecule has 0 spiro atoms. The van der Waals surface area contributed by atoms with Crippen LogP contribution in [0.25, 0.3) is 50.5 Å². The SMILES string of the molecule is CC(C)(C)c1ccnc(-c2cccc(-c3cccc4c3nc(-c3ccccc3O)n4-c3c(C(C)(C)C)cccc3C(C)(C)C)c2)c1. The minimum absolute atomic E-state index is 0.0301. The van der Waals surface area contributed by atoms with Crippen LogP contribution in [0.3, 0.4) is 0 Å². The Morgan fingerprint density at radius 1 is 0.587 bits per heavy atom. The van der Waals surface area contributed by atoms with Crippen molar-refractivity contribution < 1.29 is 5.11 Å². The van der Waals surface area contributed by atoms with E-state index in [1.165, 1.54) is 16.7 Å². The Kier molecular flexibility index (Phi) is 7.67. The van der Waals surface area contributed by atoms with Crippen molar-refractivity contribution in [1.82, 2.24) is 14.5 Å². The van der Waals surface area contributed by atoms with Crippen LogP contribution in [0.15, 0.2) is 103 Å². The number of imidazole rings is 1. The van der Waals surface area contributed by atoms with Crippen molar-refractivity contribution in [1.29, 1.82) is 0 Å². The Hall–Kier alpha value is -4.70. The molecule has 0 amide bonds. The molecule has 46 heavy (non-hydrogen) atoms. The van der Waals surface area contributed by atoms with Crippen LogP contribution < -0.4 is 0 Å². The molecule has 0 saturated heterocycles. The predicted octanol–water partition coefficient (Wildman–Crippen LogP) is 11.0. The summed E-state index contributed by atoms with van der Waals surface area (Å²) >= 11 is 0. The Labute approximate surface area is 273 Å². The summed E-state index contributed by atoms with van der Waals surface area (Å²) in [6.45, 7) is 20.2. The number of rotatable bonds is 4. The van der Waals surface area contributed by atoms with Crippen LogP contribution in [0.5, 0.6) is 5.75 Å². The van der Waals surface area contributed by atoms with Crippen LogP contribution in [0.4, 0.5) is 0 Å². The van der Waals surface area contributed by atoms with Gasteiger partial charge in [0, 0.05) is 17.3 Å². The van der Waals surface area contributed by atoms with E-state index in [2.05, 4.69) is 140 Å². The van der Waals surface area contributed by atoms with Crippen LogP contribution in [-0.2, 0) is 16.2 Å². The molecule has 4 nitrogen and oxygen atoms in total. The molecule has 0 aliphatic rings. The smallest absolute Gasteiger partial charge is 0.149 e. The number of hydrogen-bond acceptors (Lipinski definition) is 3. The highest BCUT2D eigenvalue weighted by Crippen LogP contribution is 2.43. The van der Waals surface area contributed by atoms with Crippen molar-refractivity contribution >= 4 is 11.0 Å². The van der Waals surface area contributed by atoms with Gasteiger partial charge in [-0.15, -0.1) is 0 Å². The van der Waals surface area contributed by atoms with Crippen LogP contribution in [0.2, 0.25) is 0 Å². The van der Waals surface area contributed by atoms with E-state index < -0.39 is 0 Å². The zero-order valence-corrected chi connectivity index (χ0v) is 28.6. The van der Waals surface area contributed by atoms with E-state index in [-0.39, 0.29) is 22.0 Å². The molecule has 0 aliphatic carbocycles. The second kappa shape index (κ2) is 11.3. The summed E-state index contributed by atoms with van der Waals surface area (Å²) < 4.78 is 2.28. The van der Waals surface area contributed by atoms with Crippen molar-refractivity contribution in [3.05, 3.63) is 120 Å². The highest BCUT2D eigenvalue weighted by molar-refractivity contribution is 5.97. The number of nitrogens with zero attached hydrogens (tertiary/aromatic N) is 3. The summed E-state index contributed by atoms with van der Waals surface area (Å²) in [7, 11) is 0. The zero-order chi connectivity index (χ0) is 33.0. The largest absolute Gasteiger partial charge is 0.507 e. The second-order valence-corrected chi connectivity index (χ2v) is 15.4. The van der Waals surface area contributed by atoms with Gasteiger partial charge in [0.15, 0.2) is 0 Å². The fraction of sp³-hybridized carbons (Fsp3) is 0.286. The standard InChI is InChI=1S/C42H45N3O/c1-40(2,3)29-23-24-43-34(26-29)28-16-12-15-27(25-28)30-18-13-21-35-37(30)44-39(31-17-10-11-22-36(31)46)45(35)38-32(41(4,5)6)19-14-20-33(38)42(7,8)9/h10-26,46H,1-9H3. The lowest BCUT2D eigenvalue weighted by Crippen LogP contribution is -2.22. The van der Waals surface area contributed by atoms with Crippen molar-refractivity contribution in [2.24, 2.45) is 0 Å². The third-order valence-corrected chi connectivity index (χ3v) is 8.80. The predicted molar refractivity (Wildman–Crippen MR) is 193 cm³/mol. The number of aromatic nitrogens is 3. The van der Waals surface area contributed by atoms with E-state index in [1.807, 2.05) is 24.4 Å². The molecule has 2 heterocycles. The summed E-state index contributed by atoms with van der Waals surface area (Å²) in [6, 6.07) is 33.4. The maximum Gasteiger partial charge on any atom is 0.149 e. The summed E-state index contributed by atoms with van der Waals surface area (Å²) in [6.07, 6.45) is 1.91. The number of aromatic hydroxyl groups is 1. The molecular weight excluding hydrogens is 562 g/mol. The first-order valence-corrected chi connectivity index (χ1v) is 16.2. The monoisotopic (exact) mass is 607 g/mol. The number of phenolic OH excluding ortho intramolecular Hbond substituents is 1. The summed E-state index contributed by atoms with van der Waals surface area (Å²) in [5, 5.41) is 11.2. The fourth-order valence-corrected chi connectivity index (χ4v) is 6.30. The number of hydrogen-bond donors (Lipinski definition) is 1. The number of pyridine rings is 1. The van der Waals surface area contributed by atoms with Crippen LogP contribution >= 0.6 is 0 Å². The average molecular weight is 608 g/mol. The van der Waals surface area contributed by atoms with Crippen molar-refractivity contribution in [3.63, 3.8) is 0 Å². The van der Waals surface area contributed by atoms with E-state index in [1.54, 1.807) is 6.07 Å². The normalized spacial score (nSPS) is 12.5. The number of benzene rings is 4. The van der Waals surface area contributed by atoms with Gasteiger partial charge < -0.3 is 5.11 Å². The molecular formula is C42H45N3O. The first kappa shape index (κ1) is 31.3. The lowest BCUT2D eigenvalue weighted by atomic mass is 9.78. The molecule has 2 aromatic heterocycles. The second-order valence-electron chi connectivity index (χ2n) is 15.4. The van der Waals surface area contributed by atoms with Gasteiger partial charge in [-0.2, -0.15) is 0 Å². The van der Waals surface area contributed by atoms with Gasteiger partial charge in [0.05, 0.1) is 28.0 Å². The first-order chi connectivity index (χ1) is 21.6. The van der Waals surface area contributed by atoms with Gasteiger partial charge in [0.1, 0.15) is 11.6 Å². The van der Waals surface area contributed by atoms with Crippen molar-refractivity contribution in [2.75, 3.05) is 0 Å². The number of para-hydroxylation sites is 3. The molecule has 6 aromatic rings. The fourth-order valence-electron chi connectivity index (χ4n) is 6.30. The molecule has 0 unspecified atom stereocenters. The minimum Gasteiger partial charge on any atom is -0.507 e. The van der Waals surface area contributed by atoms with Crippen LogP contribution in [-0.4, -0.2) is 19.6 Å². The highest BCUT2D eigenvalue weighted by Gasteiger charge is 2.30. The van der Waals surface area contributed by atoms with Crippen LogP contribution in [0, 0.1) is 0 Å². The third-order valence-electron chi connectivity index (χ3n) is 8.80. The average Bonchev–Trinajstić information content (AvgIpc) is 3.39. The van der Waals surface area contributed by atoms with Gasteiger partial charge in [-0.05, 0) is 74.9 Å². The van der Waals surface area contributed by atoms with Gasteiger partial charge in [-0.1, -0.05) is 123 Å². The maximum atomic E-state index is 11.2. The molecule has 0 radical (unpaired) electrons. The first-order valence-electron chi connectivity index (χ1n) is 16.2. The Morgan fingerprint density at radius 3 is 1.85 bits per heavy atom. The van der Waals surface area contributed by atoms with Crippen molar-refractivity contribution in [2.45, 2.75) is 78.6 Å². The number of fused-ring (bicyclic) bond motifs is 1. The van der Waals surface area contributed by atoms with E-state index in [4.69, 9.17) is 9.97 Å². The summed E-state index contributed by atoms with van der Waals surface area (Å²) in [5.41, 5.74) is 11.3. The summed E-state index contributed by atoms with van der Waals surface area (Å²) in [4.78, 5) is 10.1. The minimum atomic E-state index is -0.135. The lowest BCUT2D eigenvalue weighted by Gasteiger charge is -2.31. The van der Waals surface area contributed by atoms with Gasteiger partial charge in [0.25, 0.3) is 0 Å². The van der Waals surface area contributed by atoms with E-state index in [0.717, 1.165) is 44.9 Å². The topological polar surface area (TPSA) is 50.9 Å². The molecule has 4 heteroatoms. The van der Waals surface area contributed by atoms with Crippen LogP contribution in [0.1, 0.15) is 79.0 Å². The van der Waals surface area contributed by atoms with E-state index >= 15 is 0 Å². The molecule has 0 atom stereocenters. The van der Waals surface area contributed by atoms with Crippen molar-refractivity contribution in [3.8, 4) is 45.2 Å². The van der Waals surface area contributed by atoms with Gasteiger partial charge in [-0.3, -0.25) is 9.55 Å². The zero-order valence-electron chi connectivity index (χ0n) is 28.6. The molecule has 0 aliphatic heterocycles. The highest BCUT2D eigenvalue weighted by atomic mass is 16.3. The maximum absolute atomic E-state index is 11.2. The van der Waals surface area contributed by atoms with E-state index in [9.17, 15) is 5.11 Å².